The van der Waals surface area contributed by atoms with Crippen LogP contribution < -0.4 is 5.32 Å². The van der Waals surface area contributed by atoms with E-state index in [0.717, 1.165) is 15.7 Å². The molecule has 0 bridgehead atoms. The normalized spacial score (nSPS) is 11.8. The van der Waals surface area contributed by atoms with Crippen LogP contribution in [0.3, 0.4) is 0 Å². The summed E-state index contributed by atoms with van der Waals surface area (Å²) < 4.78 is 2.52. The van der Waals surface area contributed by atoms with Gasteiger partial charge in [0.25, 0.3) is 0 Å². The molecule has 0 saturated heterocycles. The molecule has 2 aromatic rings. The molecule has 0 amide bonds. The molecular weight excluding hydrogens is 284 g/mol. The van der Waals surface area contributed by atoms with Crippen molar-refractivity contribution >= 4 is 29.3 Å². The van der Waals surface area contributed by atoms with E-state index in [0.29, 0.717) is 0 Å². The first-order valence-electron chi connectivity index (χ1n) is 5.02. The monoisotopic (exact) mass is 296 g/mol. The molecule has 0 aromatic carbocycles. The number of hydrogen-bond donors (Lipinski definition) is 0. The van der Waals surface area contributed by atoms with Crippen LogP contribution in [0, 0.1) is 0 Å². The Labute approximate surface area is 104 Å². The Kier molecular flexibility index (Phi) is 2.94. The van der Waals surface area contributed by atoms with Gasteiger partial charge in [-0.15, -0.1) is 5.10 Å². The van der Waals surface area contributed by atoms with Gasteiger partial charge < -0.3 is 0 Å². The van der Waals surface area contributed by atoms with Crippen molar-refractivity contribution in [3.8, 4) is 5.82 Å². The molecule has 2 heterocycles. The van der Waals surface area contributed by atoms with Gasteiger partial charge in [-0.3, -0.25) is 0 Å². The molecule has 2 rings (SSSR count). The molecule has 0 radical (unpaired) electrons. The SMILES string of the molecule is C[Si](C)(C)c1cn(-c2cccc(Br)n2)nn1. The highest BCUT2D eigenvalue weighted by Gasteiger charge is 2.20. The third-order valence-corrected chi connectivity index (χ3v) is 4.40. The Morgan fingerprint density at radius 2 is 2.00 bits per heavy atom. The van der Waals surface area contributed by atoms with Crippen molar-refractivity contribution in [3.05, 3.63) is 29.0 Å². The molecule has 0 N–H and O–H groups in total. The zero-order chi connectivity index (χ0) is 11.8. The molecule has 2 aromatic heterocycles. The predicted octanol–water partition coefficient (Wildman–Crippen LogP) is 1.97. The largest absolute Gasteiger partial charge is 0.222 e. The van der Waals surface area contributed by atoms with E-state index in [1.165, 1.54) is 0 Å². The number of aromatic nitrogens is 4. The zero-order valence-corrected chi connectivity index (χ0v) is 12.1. The van der Waals surface area contributed by atoms with E-state index in [1.807, 2.05) is 24.4 Å². The van der Waals surface area contributed by atoms with Crippen molar-refractivity contribution in [2.24, 2.45) is 0 Å². The molecule has 6 heteroatoms. The van der Waals surface area contributed by atoms with E-state index in [2.05, 4.69) is 50.9 Å². The highest BCUT2D eigenvalue weighted by molar-refractivity contribution is 9.10. The van der Waals surface area contributed by atoms with Crippen LogP contribution in [0.1, 0.15) is 0 Å². The number of nitrogens with zero attached hydrogens (tertiary/aromatic N) is 4. The molecule has 84 valence electrons. The van der Waals surface area contributed by atoms with Gasteiger partial charge in [0, 0.05) is 0 Å². The fourth-order valence-corrected chi connectivity index (χ4v) is 2.43. The van der Waals surface area contributed by atoms with Crippen molar-refractivity contribution in [2.75, 3.05) is 0 Å². The van der Waals surface area contributed by atoms with E-state index in [4.69, 9.17) is 0 Å². The number of pyridine rings is 1. The summed E-state index contributed by atoms with van der Waals surface area (Å²) in [5.41, 5.74) is 0. The quantitative estimate of drug-likeness (QED) is 0.629. The highest BCUT2D eigenvalue weighted by Crippen LogP contribution is 2.09. The van der Waals surface area contributed by atoms with Gasteiger partial charge in [0.15, 0.2) is 5.82 Å². The van der Waals surface area contributed by atoms with Gasteiger partial charge in [0.1, 0.15) is 12.7 Å². The van der Waals surface area contributed by atoms with Crippen LogP contribution in [0.25, 0.3) is 5.82 Å². The molecule has 0 atom stereocenters. The minimum Gasteiger partial charge on any atom is -0.222 e. The highest BCUT2D eigenvalue weighted by atomic mass is 79.9. The first-order valence-corrected chi connectivity index (χ1v) is 9.32. The molecule has 0 saturated carbocycles. The smallest absolute Gasteiger partial charge is 0.156 e. The molecule has 16 heavy (non-hydrogen) atoms. The average Bonchev–Trinajstić information content (AvgIpc) is 2.65. The second-order valence-corrected chi connectivity index (χ2v) is 10.4. The summed E-state index contributed by atoms with van der Waals surface area (Å²) >= 11 is 3.34. The average molecular weight is 297 g/mol. The van der Waals surface area contributed by atoms with Crippen molar-refractivity contribution in [2.45, 2.75) is 19.6 Å². The molecule has 0 fully saturated rings. The molecule has 0 aliphatic heterocycles. The summed E-state index contributed by atoms with van der Waals surface area (Å²) in [5.74, 6) is 0.784. The van der Waals surface area contributed by atoms with Gasteiger partial charge in [0.05, 0.1) is 11.5 Å². The fourth-order valence-electron chi connectivity index (χ4n) is 1.24. The topological polar surface area (TPSA) is 43.6 Å². The predicted molar refractivity (Wildman–Crippen MR) is 69.8 cm³/mol. The lowest BCUT2D eigenvalue weighted by molar-refractivity contribution is 0.780. The van der Waals surface area contributed by atoms with Crippen molar-refractivity contribution in [3.63, 3.8) is 0 Å². The first kappa shape index (κ1) is 11.5. The molecule has 0 aliphatic rings. The maximum absolute atomic E-state index is 4.33. The van der Waals surface area contributed by atoms with Crippen LogP contribution in [0.5, 0.6) is 0 Å². The maximum atomic E-state index is 4.33. The number of hydrogen-bond acceptors (Lipinski definition) is 3. The maximum Gasteiger partial charge on any atom is 0.156 e. The Morgan fingerprint density at radius 1 is 1.25 bits per heavy atom. The lowest BCUT2D eigenvalue weighted by atomic mass is 10.5. The zero-order valence-electron chi connectivity index (χ0n) is 9.48. The third kappa shape index (κ3) is 2.38. The fraction of sp³-hybridized carbons (Fsp3) is 0.300. The van der Waals surface area contributed by atoms with Gasteiger partial charge in [-0.05, 0) is 28.1 Å². The first-order chi connectivity index (χ1) is 7.47. The summed E-state index contributed by atoms with van der Waals surface area (Å²) in [6.07, 6.45) is 1.97. The van der Waals surface area contributed by atoms with Crippen LogP contribution in [0.4, 0.5) is 0 Å². The van der Waals surface area contributed by atoms with Crippen LogP contribution in [0.15, 0.2) is 29.0 Å². The van der Waals surface area contributed by atoms with Crippen molar-refractivity contribution in [1.82, 2.24) is 20.0 Å². The summed E-state index contributed by atoms with van der Waals surface area (Å²) in [7, 11) is -1.39. The van der Waals surface area contributed by atoms with E-state index in [9.17, 15) is 0 Å². The summed E-state index contributed by atoms with van der Waals surface area (Å²) in [4.78, 5) is 4.33. The second-order valence-electron chi connectivity index (χ2n) is 4.62. The van der Waals surface area contributed by atoms with Crippen LogP contribution >= 0.6 is 15.9 Å². The molecule has 0 aliphatic carbocycles. The van der Waals surface area contributed by atoms with Gasteiger partial charge >= 0.3 is 0 Å². The summed E-state index contributed by atoms with van der Waals surface area (Å²) in [5, 5.41) is 9.42. The van der Waals surface area contributed by atoms with E-state index < -0.39 is 8.07 Å². The minimum absolute atomic E-state index is 0.784. The summed E-state index contributed by atoms with van der Waals surface area (Å²) in [6.45, 7) is 6.74. The van der Waals surface area contributed by atoms with Crippen molar-refractivity contribution < 1.29 is 0 Å². The van der Waals surface area contributed by atoms with E-state index in [-0.39, 0.29) is 0 Å². The van der Waals surface area contributed by atoms with Gasteiger partial charge in [-0.1, -0.05) is 30.9 Å². The van der Waals surface area contributed by atoms with E-state index in [1.54, 1.807) is 4.68 Å². The van der Waals surface area contributed by atoms with Gasteiger partial charge in [0.2, 0.25) is 0 Å². The van der Waals surface area contributed by atoms with Crippen LogP contribution in [-0.2, 0) is 0 Å². The Balaban J connectivity index is 2.39. The summed E-state index contributed by atoms with van der Waals surface area (Å²) in [6, 6.07) is 5.73. The lowest BCUT2D eigenvalue weighted by Gasteiger charge is -2.09. The number of rotatable bonds is 2. The molecule has 0 spiro atoms. The Morgan fingerprint density at radius 3 is 2.56 bits per heavy atom. The second kappa shape index (κ2) is 4.10. The van der Waals surface area contributed by atoms with Crippen molar-refractivity contribution in [1.29, 1.82) is 0 Å². The standard InChI is InChI=1S/C10H13BrN4Si/c1-16(2,3)10-7-15(14-13-10)9-6-4-5-8(11)12-9/h4-7H,1-3H3. The Hall–Kier alpha value is -1.01. The lowest BCUT2D eigenvalue weighted by Crippen LogP contribution is -2.38. The number of halogens is 1. The molecule has 0 unspecified atom stereocenters. The third-order valence-electron chi connectivity index (χ3n) is 2.20. The molecule has 4 nitrogen and oxygen atoms in total. The van der Waals surface area contributed by atoms with Crippen LogP contribution in [-0.4, -0.2) is 28.1 Å². The van der Waals surface area contributed by atoms with Gasteiger partial charge in [-0.25, -0.2) is 9.67 Å². The Bertz CT molecular complexity index is 504. The molecular formula is C10H13BrN4Si. The minimum atomic E-state index is -1.39. The van der Waals surface area contributed by atoms with Gasteiger partial charge in [-0.2, -0.15) is 0 Å². The van der Waals surface area contributed by atoms with Crippen LogP contribution in [0.2, 0.25) is 19.6 Å². The van der Waals surface area contributed by atoms with E-state index >= 15 is 0 Å².